The second-order valence-electron chi connectivity index (χ2n) is 5.37. The first-order chi connectivity index (χ1) is 11.8. The van der Waals surface area contributed by atoms with Crippen LogP contribution in [-0.2, 0) is 0 Å². The Morgan fingerprint density at radius 2 is 1.88 bits per heavy atom. The molecule has 0 aliphatic rings. The lowest BCUT2D eigenvalue weighted by Crippen LogP contribution is -2.20. The molecule has 1 aromatic heterocycles. The Bertz CT molecular complexity index is 1060. The second-order valence-corrected chi connectivity index (χ2v) is 6.28. The van der Waals surface area contributed by atoms with Crippen molar-refractivity contribution in [2.45, 2.75) is 6.92 Å². The molecule has 25 heavy (non-hydrogen) atoms. The maximum absolute atomic E-state index is 12.4. The molecular formula is C17H11BrN2O5. The van der Waals surface area contributed by atoms with Gasteiger partial charge in [0.1, 0.15) is 5.56 Å². The van der Waals surface area contributed by atoms with E-state index in [0.29, 0.717) is 10.2 Å². The van der Waals surface area contributed by atoms with E-state index in [1.807, 2.05) is 19.1 Å². The van der Waals surface area contributed by atoms with Crippen LogP contribution < -0.4 is 10.9 Å². The fraction of sp³-hybridized carbons (Fsp3) is 0.0588. The zero-order chi connectivity index (χ0) is 18.1. The molecule has 8 heteroatoms. The summed E-state index contributed by atoms with van der Waals surface area (Å²) in [7, 11) is 0. The third kappa shape index (κ3) is 3.43. The van der Waals surface area contributed by atoms with Crippen LogP contribution in [0.5, 0.6) is 0 Å². The summed E-state index contributed by atoms with van der Waals surface area (Å²) < 4.78 is 5.47. The number of nitrogens with zero attached hydrogens (tertiary/aromatic N) is 1. The third-order valence-corrected chi connectivity index (χ3v) is 3.99. The minimum atomic E-state index is -0.942. The Kier molecular flexibility index (Phi) is 4.37. The van der Waals surface area contributed by atoms with E-state index < -0.39 is 16.5 Å². The first kappa shape index (κ1) is 16.8. The van der Waals surface area contributed by atoms with Crippen LogP contribution in [-0.4, -0.2) is 10.8 Å². The normalized spacial score (nSPS) is 10.6. The smallest absolute Gasteiger partial charge is 0.349 e. The van der Waals surface area contributed by atoms with E-state index in [1.54, 1.807) is 12.1 Å². The topological polar surface area (TPSA) is 102 Å². The molecule has 3 rings (SSSR count). The molecule has 0 saturated carbocycles. The molecule has 1 N–H and O–H groups in total. The van der Waals surface area contributed by atoms with Gasteiger partial charge in [-0.1, -0.05) is 33.6 Å². The number of hydrogen-bond donors (Lipinski definition) is 1. The minimum Gasteiger partial charge on any atom is -0.415 e. The van der Waals surface area contributed by atoms with Gasteiger partial charge in [-0.05, 0) is 31.2 Å². The number of aryl methyl sites for hydroxylation is 1. The molecule has 0 radical (unpaired) electrons. The number of nitro benzene ring substituents is 1. The highest BCUT2D eigenvalue weighted by atomic mass is 79.9. The van der Waals surface area contributed by atoms with Gasteiger partial charge in [0.25, 0.3) is 5.91 Å². The van der Waals surface area contributed by atoms with Crippen molar-refractivity contribution in [3.05, 3.63) is 78.6 Å². The second kappa shape index (κ2) is 6.48. The first-order valence-corrected chi connectivity index (χ1v) is 7.94. The van der Waals surface area contributed by atoms with Crippen LogP contribution in [0.25, 0.3) is 11.0 Å². The molecule has 2 aromatic carbocycles. The molecule has 0 unspecified atom stereocenters. The number of hydrogen-bond acceptors (Lipinski definition) is 5. The van der Waals surface area contributed by atoms with Crippen molar-refractivity contribution in [2.75, 3.05) is 5.32 Å². The summed E-state index contributed by atoms with van der Waals surface area (Å²) in [5.41, 5.74) is -0.157. The largest absolute Gasteiger partial charge is 0.415 e. The van der Waals surface area contributed by atoms with E-state index >= 15 is 0 Å². The Hall–Kier alpha value is -3.00. The Morgan fingerprint density at radius 1 is 1.20 bits per heavy atom. The van der Waals surface area contributed by atoms with Gasteiger partial charge in [0.05, 0.1) is 4.92 Å². The molecule has 3 aromatic rings. The van der Waals surface area contributed by atoms with Gasteiger partial charge in [0, 0.05) is 21.6 Å². The van der Waals surface area contributed by atoms with Crippen molar-refractivity contribution in [1.82, 2.24) is 0 Å². The average molecular weight is 403 g/mol. The lowest BCUT2D eigenvalue weighted by Gasteiger charge is -2.06. The number of carbonyl (C=O) groups is 1. The van der Waals surface area contributed by atoms with Gasteiger partial charge in [0.15, 0.2) is 0 Å². The summed E-state index contributed by atoms with van der Waals surface area (Å²) in [5, 5.41) is 14.0. The van der Waals surface area contributed by atoms with E-state index in [-0.39, 0.29) is 22.2 Å². The zero-order valence-corrected chi connectivity index (χ0v) is 14.5. The predicted octanol–water partition coefficient (Wildman–Crippen LogP) is 4.02. The Balaban J connectivity index is 2.06. The molecule has 7 nitrogen and oxygen atoms in total. The maximum atomic E-state index is 12.4. The van der Waals surface area contributed by atoms with Crippen LogP contribution in [0.3, 0.4) is 0 Å². The van der Waals surface area contributed by atoms with E-state index in [0.717, 1.165) is 5.56 Å². The SMILES string of the molecule is Cc1ccc(NC(=O)c2cc3cc(Br)cc([N+](=O)[O-])c3oc2=O)cc1. The summed E-state index contributed by atoms with van der Waals surface area (Å²) in [5.74, 6) is -0.651. The molecule has 126 valence electrons. The number of benzene rings is 2. The van der Waals surface area contributed by atoms with Gasteiger partial charge in [-0.3, -0.25) is 14.9 Å². The summed E-state index contributed by atoms with van der Waals surface area (Å²) in [6.07, 6.45) is 0. The van der Waals surface area contributed by atoms with Crippen LogP contribution in [0.2, 0.25) is 0 Å². The molecule has 0 aliphatic carbocycles. The zero-order valence-electron chi connectivity index (χ0n) is 12.9. The number of carbonyl (C=O) groups excluding carboxylic acids is 1. The summed E-state index contributed by atoms with van der Waals surface area (Å²) >= 11 is 3.17. The first-order valence-electron chi connectivity index (χ1n) is 7.15. The Labute approximate surface area is 149 Å². The van der Waals surface area contributed by atoms with Crippen LogP contribution in [0.15, 0.2) is 56.1 Å². The number of nitro groups is 1. The third-order valence-electron chi connectivity index (χ3n) is 3.53. The van der Waals surface area contributed by atoms with Gasteiger partial charge >= 0.3 is 11.3 Å². The van der Waals surface area contributed by atoms with Gasteiger partial charge in [-0.15, -0.1) is 0 Å². The standard InChI is InChI=1S/C17H11BrN2O5/c1-9-2-4-12(5-3-9)19-16(21)13-7-10-6-11(18)8-14(20(23)24)15(10)25-17(13)22/h2-8H,1H3,(H,19,21). The maximum Gasteiger partial charge on any atom is 0.349 e. The number of non-ortho nitro benzene ring substituents is 1. The molecule has 0 saturated heterocycles. The fourth-order valence-corrected chi connectivity index (χ4v) is 2.77. The number of nitrogens with one attached hydrogen (secondary N) is 1. The number of fused-ring (bicyclic) bond motifs is 1. The molecule has 0 bridgehead atoms. The molecule has 0 atom stereocenters. The number of rotatable bonds is 3. The quantitative estimate of drug-likeness (QED) is 0.404. The van der Waals surface area contributed by atoms with Crippen LogP contribution in [0, 0.1) is 17.0 Å². The molecular weight excluding hydrogens is 392 g/mol. The highest BCUT2D eigenvalue weighted by Crippen LogP contribution is 2.29. The lowest BCUT2D eigenvalue weighted by molar-refractivity contribution is -0.383. The summed E-state index contributed by atoms with van der Waals surface area (Å²) in [6, 6.07) is 11.1. The monoisotopic (exact) mass is 402 g/mol. The van der Waals surface area contributed by atoms with Gasteiger partial charge in [0.2, 0.25) is 5.58 Å². The van der Waals surface area contributed by atoms with E-state index in [9.17, 15) is 19.7 Å². The highest BCUT2D eigenvalue weighted by Gasteiger charge is 2.20. The van der Waals surface area contributed by atoms with Crippen molar-refractivity contribution in [3.8, 4) is 0 Å². The molecule has 0 spiro atoms. The van der Waals surface area contributed by atoms with Crippen molar-refractivity contribution >= 4 is 44.2 Å². The lowest BCUT2D eigenvalue weighted by atomic mass is 10.1. The van der Waals surface area contributed by atoms with Crippen LogP contribution in [0.1, 0.15) is 15.9 Å². The number of anilines is 1. The number of halogens is 1. The van der Waals surface area contributed by atoms with Crippen molar-refractivity contribution in [3.63, 3.8) is 0 Å². The minimum absolute atomic E-state index is 0.176. The molecule has 1 heterocycles. The van der Waals surface area contributed by atoms with Gasteiger partial charge < -0.3 is 9.73 Å². The highest BCUT2D eigenvalue weighted by molar-refractivity contribution is 9.10. The van der Waals surface area contributed by atoms with Crippen molar-refractivity contribution < 1.29 is 14.1 Å². The van der Waals surface area contributed by atoms with Gasteiger partial charge in [-0.2, -0.15) is 0 Å². The van der Waals surface area contributed by atoms with Crippen LogP contribution in [0.4, 0.5) is 11.4 Å². The molecule has 0 aliphatic heterocycles. The molecule has 1 amide bonds. The van der Waals surface area contributed by atoms with Crippen LogP contribution >= 0.6 is 15.9 Å². The van der Waals surface area contributed by atoms with E-state index in [2.05, 4.69) is 21.2 Å². The van der Waals surface area contributed by atoms with E-state index in [4.69, 9.17) is 4.42 Å². The predicted molar refractivity (Wildman–Crippen MR) is 96.0 cm³/mol. The summed E-state index contributed by atoms with van der Waals surface area (Å²) in [6.45, 7) is 1.91. The summed E-state index contributed by atoms with van der Waals surface area (Å²) in [4.78, 5) is 34.9. The van der Waals surface area contributed by atoms with Gasteiger partial charge in [-0.25, -0.2) is 4.79 Å². The fourth-order valence-electron chi connectivity index (χ4n) is 2.31. The van der Waals surface area contributed by atoms with Crippen molar-refractivity contribution in [2.24, 2.45) is 0 Å². The van der Waals surface area contributed by atoms with E-state index in [1.165, 1.54) is 18.2 Å². The molecule has 0 fully saturated rings. The Morgan fingerprint density at radius 3 is 2.52 bits per heavy atom. The average Bonchev–Trinajstić information content (AvgIpc) is 2.56. The van der Waals surface area contributed by atoms with Crippen molar-refractivity contribution in [1.29, 1.82) is 0 Å². The number of amides is 1.